The Morgan fingerprint density at radius 2 is 2.09 bits per heavy atom. The fourth-order valence-corrected chi connectivity index (χ4v) is 6.33. The lowest BCUT2D eigenvalue weighted by molar-refractivity contribution is -0.131. The molecule has 0 aliphatic carbocycles. The van der Waals surface area contributed by atoms with Gasteiger partial charge in [-0.1, -0.05) is 6.07 Å². The Balaban J connectivity index is 2.03. The number of hydrogen-bond donors (Lipinski definition) is 0. The zero-order valence-electron chi connectivity index (χ0n) is 12.3. The van der Waals surface area contributed by atoms with Gasteiger partial charge in [0.25, 0.3) is 10.0 Å². The molecule has 1 aliphatic rings. The summed E-state index contributed by atoms with van der Waals surface area (Å²) in [6.45, 7) is -0.312. The van der Waals surface area contributed by atoms with Crippen LogP contribution in [0.5, 0.6) is 0 Å². The summed E-state index contributed by atoms with van der Waals surface area (Å²) in [7, 11) is -3.92. The zero-order valence-corrected chi connectivity index (χ0v) is 14.7. The molecule has 2 rings (SSSR count). The van der Waals surface area contributed by atoms with E-state index in [2.05, 4.69) is 0 Å². The van der Waals surface area contributed by atoms with Crippen molar-refractivity contribution in [2.45, 2.75) is 16.7 Å². The highest BCUT2D eigenvalue weighted by atomic mass is 32.2. The van der Waals surface area contributed by atoms with Gasteiger partial charge in [-0.2, -0.15) is 4.31 Å². The molecular formula is C12H18N2O5S3. The summed E-state index contributed by atoms with van der Waals surface area (Å²) >= 11 is 1.08. The van der Waals surface area contributed by atoms with Crippen LogP contribution in [0.25, 0.3) is 0 Å². The van der Waals surface area contributed by atoms with Gasteiger partial charge in [-0.25, -0.2) is 16.8 Å². The van der Waals surface area contributed by atoms with Crippen LogP contribution in [-0.2, 0) is 24.7 Å². The highest BCUT2D eigenvalue weighted by Gasteiger charge is 2.34. The molecule has 2 heterocycles. The van der Waals surface area contributed by atoms with E-state index in [9.17, 15) is 21.6 Å². The van der Waals surface area contributed by atoms with E-state index >= 15 is 0 Å². The van der Waals surface area contributed by atoms with E-state index < -0.39 is 25.8 Å². The summed E-state index contributed by atoms with van der Waals surface area (Å²) in [5.41, 5.74) is 0. The van der Waals surface area contributed by atoms with Gasteiger partial charge >= 0.3 is 0 Å². The van der Waals surface area contributed by atoms with E-state index in [1.165, 1.54) is 25.1 Å². The van der Waals surface area contributed by atoms with Crippen LogP contribution in [0.1, 0.15) is 6.42 Å². The number of sulfonamides is 1. The molecule has 1 aliphatic heterocycles. The molecule has 22 heavy (non-hydrogen) atoms. The quantitative estimate of drug-likeness (QED) is 0.732. The fraction of sp³-hybridized carbons (Fsp3) is 0.583. The molecule has 10 heteroatoms. The van der Waals surface area contributed by atoms with Gasteiger partial charge in [0.05, 0.1) is 18.1 Å². The molecule has 0 aromatic carbocycles. The maximum atomic E-state index is 12.2. The minimum absolute atomic E-state index is 0.0589. The summed E-state index contributed by atoms with van der Waals surface area (Å²) in [4.78, 5) is 13.5. The predicted octanol–water partition coefficient (Wildman–Crippen LogP) is 0.0141. The lowest BCUT2D eigenvalue weighted by Crippen LogP contribution is -2.44. The lowest BCUT2D eigenvalue weighted by atomic mass is 10.2. The Morgan fingerprint density at radius 1 is 1.41 bits per heavy atom. The summed E-state index contributed by atoms with van der Waals surface area (Å²) in [6, 6.07) is 2.73. The second-order valence-corrected chi connectivity index (χ2v) is 10.7. The van der Waals surface area contributed by atoms with E-state index in [0.717, 1.165) is 15.6 Å². The van der Waals surface area contributed by atoms with E-state index in [1.807, 2.05) is 0 Å². The number of sulfone groups is 1. The van der Waals surface area contributed by atoms with Crippen LogP contribution in [-0.4, -0.2) is 70.1 Å². The van der Waals surface area contributed by atoms with Crippen molar-refractivity contribution in [1.82, 2.24) is 9.21 Å². The van der Waals surface area contributed by atoms with Crippen LogP contribution in [0, 0.1) is 0 Å². The second kappa shape index (κ2) is 6.26. The number of rotatable bonds is 5. The molecule has 0 N–H and O–H groups in total. The van der Waals surface area contributed by atoms with Crippen LogP contribution in [0.4, 0.5) is 0 Å². The number of nitrogens with zero attached hydrogens (tertiary/aromatic N) is 2. The average molecular weight is 366 g/mol. The van der Waals surface area contributed by atoms with E-state index in [4.69, 9.17) is 0 Å². The highest BCUT2D eigenvalue weighted by Crippen LogP contribution is 2.21. The van der Waals surface area contributed by atoms with E-state index in [-0.39, 0.29) is 28.3 Å². The molecular weight excluding hydrogens is 348 g/mol. The van der Waals surface area contributed by atoms with Gasteiger partial charge in [-0.3, -0.25) is 4.79 Å². The monoisotopic (exact) mass is 366 g/mol. The van der Waals surface area contributed by atoms with Crippen molar-refractivity contribution in [1.29, 1.82) is 0 Å². The molecule has 0 spiro atoms. The molecule has 7 nitrogen and oxygen atoms in total. The summed E-state index contributed by atoms with van der Waals surface area (Å²) in [5.74, 6) is -0.403. The largest absolute Gasteiger partial charge is 0.341 e. The Bertz CT molecular complexity index is 740. The Morgan fingerprint density at radius 3 is 2.59 bits per heavy atom. The number of amides is 1. The SMILES string of the molecule is CN(C(=O)CN(C)S(=O)(=O)c1cccs1)C1CCS(=O)(=O)C1. The van der Waals surface area contributed by atoms with Crippen molar-refractivity contribution < 1.29 is 21.6 Å². The minimum atomic E-state index is -3.68. The number of carbonyl (C=O) groups excluding carboxylic acids is 1. The first kappa shape index (κ1) is 17.4. The van der Waals surface area contributed by atoms with Gasteiger partial charge in [0.1, 0.15) is 4.21 Å². The van der Waals surface area contributed by atoms with Crippen molar-refractivity contribution in [2.24, 2.45) is 0 Å². The maximum Gasteiger partial charge on any atom is 0.252 e. The molecule has 1 saturated heterocycles. The third-order valence-electron chi connectivity index (χ3n) is 3.67. The molecule has 1 fully saturated rings. The van der Waals surface area contributed by atoms with Crippen molar-refractivity contribution in [3.63, 3.8) is 0 Å². The molecule has 1 unspecified atom stereocenters. The van der Waals surface area contributed by atoms with Crippen LogP contribution in [0.2, 0.25) is 0 Å². The van der Waals surface area contributed by atoms with Crippen molar-refractivity contribution in [3.8, 4) is 0 Å². The molecule has 0 radical (unpaired) electrons. The first-order valence-electron chi connectivity index (χ1n) is 6.59. The van der Waals surface area contributed by atoms with Gasteiger partial charge < -0.3 is 4.90 Å². The minimum Gasteiger partial charge on any atom is -0.341 e. The Labute approximate surface area is 134 Å². The second-order valence-electron chi connectivity index (χ2n) is 5.25. The van der Waals surface area contributed by atoms with Crippen LogP contribution in [0.15, 0.2) is 21.7 Å². The molecule has 1 atom stereocenters. The fourth-order valence-electron chi connectivity index (χ4n) is 2.24. The smallest absolute Gasteiger partial charge is 0.252 e. The maximum absolute atomic E-state index is 12.2. The first-order valence-corrected chi connectivity index (χ1v) is 10.7. The summed E-state index contributed by atoms with van der Waals surface area (Å²) in [5, 5.41) is 1.65. The molecule has 1 amide bonds. The van der Waals surface area contributed by atoms with Gasteiger partial charge in [-0.15, -0.1) is 11.3 Å². The third-order valence-corrected chi connectivity index (χ3v) is 8.59. The highest BCUT2D eigenvalue weighted by molar-refractivity contribution is 7.91. The number of thiophene rings is 1. The third kappa shape index (κ3) is 3.67. The average Bonchev–Trinajstić information content (AvgIpc) is 3.07. The number of hydrogen-bond acceptors (Lipinski definition) is 6. The topological polar surface area (TPSA) is 91.8 Å². The molecule has 0 saturated carbocycles. The number of carbonyl (C=O) groups is 1. The lowest BCUT2D eigenvalue weighted by Gasteiger charge is -2.25. The van der Waals surface area contributed by atoms with Crippen molar-refractivity contribution in [2.75, 3.05) is 32.1 Å². The Hall–Kier alpha value is -0.970. The molecule has 0 bridgehead atoms. The number of likely N-dealkylation sites (N-methyl/N-ethyl adjacent to an activating group) is 2. The Kier molecular flexibility index (Phi) is 4.95. The first-order chi connectivity index (χ1) is 10.1. The van der Waals surface area contributed by atoms with Gasteiger partial charge in [0, 0.05) is 20.1 Å². The van der Waals surface area contributed by atoms with E-state index in [1.54, 1.807) is 11.4 Å². The summed E-state index contributed by atoms with van der Waals surface area (Å²) in [6.07, 6.45) is 0.395. The molecule has 1 aromatic rings. The molecule has 124 valence electrons. The van der Waals surface area contributed by atoms with Crippen molar-refractivity contribution >= 4 is 37.1 Å². The van der Waals surface area contributed by atoms with Crippen LogP contribution < -0.4 is 0 Å². The van der Waals surface area contributed by atoms with Gasteiger partial charge in [0.15, 0.2) is 9.84 Å². The van der Waals surface area contributed by atoms with Gasteiger partial charge in [0.2, 0.25) is 5.91 Å². The molecule has 1 aromatic heterocycles. The van der Waals surface area contributed by atoms with Crippen LogP contribution >= 0.6 is 11.3 Å². The standard InChI is InChI=1S/C12H18N2O5S3/c1-13(22(18,19)12-4-3-6-20-12)8-11(15)14(2)10-5-7-21(16,17)9-10/h3-4,6,10H,5,7-9H2,1-2H3. The van der Waals surface area contributed by atoms with Crippen LogP contribution in [0.3, 0.4) is 0 Å². The summed E-state index contributed by atoms with van der Waals surface area (Å²) < 4.78 is 48.6. The predicted molar refractivity (Wildman–Crippen MR) is 84.0 cm³/mol. The van der Waals surface area contributed by atoms with E-state index in [0.29, 0.717) is 6.42 Å². The van der Waals surface area contributed by atoms with Gasteiger partial charge in [-0.05, 0) is 17.9 Å². The zero-order chi connectivity index (χ0) is 16.5. The normalized spacial score (nSPS) is 21.1. The van der Waals surface area contributed by atoms with Crippen molar-refractivity contribution in [3.05, 3.63) is 17.5 Å².